The highest BCUT2D eigenvalue weighted by atomic mass is 16.5. The van der Waals surface area contributed by atoms with Crippen molar-refractivity contribution in [1.82, 2.24) is 4.98 Å². The second kappa shape index (κ2) is 5.74. The molecule has 0 amide bonds. The highest BCUT2D eigenvalue weighted by Gasteiger charge is 2.08. The van der Waals surface area contributed by atoms with E-state index in [1.807, 2.05) is 20.0 Å². The largest absolute Gasteiger partial charge is 0.496 e. The normalized spacial score (nSPS) is 10.3. The van der Waals surface area contributed by atoms with Crippen LogP contribution in [0.1, 0.15) is 22.4 Å². The van der Waals surface area contributed by atoms with Gasteiger partial charge in [0.25, 0.3) is 0 Å². The van der Waals surface area contributed by atoms with Crippen molar-refractivity contribution < 1.29 is 4.74 Å². The summed E-state index contributed by atoms with van der Waals surface area (Å²) in [6, 6.07) is 8.35. The number of pyridine rings is 1. The van der Waals surface area contributed by atoms with Gasteiger partial charge in [-0.3, -0.25) is 4.98 Å². The predicted molar refractivity (Wildman–Crippen MR) is 78.8 cm³/mol. The Morgan fingerprint density at radius 3 is 2.42 bits per heavy atom. The molecule has 0 bridgehead atoms. The summed E-state index contributed by atoms with van der Waals surface area (Å²) in [5.74, 6) is 0.927. The lowest BCUT2D eigenvalue weighted by Gasteiger charge is -2.13. The van der Waals surface area contributed by atoms with Crippen molar-refractivity contribution >= 4 is 5.69 Å². The van der Waals surface area contributed by atoms with E-state index in [4.69, 9.17) is 4.74 Å². The molecule has 0 aliphatic carbocycles. The number of aromatic nitrogens is 1. The highest BCUT2D eigenvalue weighted by Crippen LogP contribution is 2.24. The van der Waals surface area contributed by atoms with Gasteiger partial charge in [0, 0.05) is 23.0 Å². The lowest BCUT2D eigenvalue weighted by molar-refractivity contribution is 0.407. The molecule has 100 valence electrons. The number of nitrogens with one attached hydrogen (secondary N) is 1. The minimum Gasteiger partial charge on any atom is -0.496 e. The van der Waals surface area contributed by atoms with Gasteiger partial charge in [0.05, 0.1) is 19.3 Å². The van der Waals surface area contributed by atoms with Crippen molar-refractivity contribution in [3.05, 3.63) is 52.8 Å². The van der Waals surface area contributed by atoms with E-state index < -0.39 is 0 Å². The number of benzene rings is 1. The number of rotatable bonds is 4. The molecule has 0 saturated heterocycles. The molecule has 1 aromatic heterocycles. The maximum atomic E-state index is 5.42. The van der Waals surface area contributed by atoms with Crippen molar-refractivity contribution in [2.24, 2.45) is 0 Å². The molecule has 3 nitrogen and oxygen atoms in total. The third-order valence-electron chi connectivity index (χ3n) is 3.26. The van der Waals surface area contributed by atoms with Gasteiger partial charge in [-0.25, -0.2) is 0 Å². The first-order valence-corrected chi connectivity index (χ1v) is 6.41. The van der Waals surface area contributed by atoms with Crippen LogP contribution in [0.2, 0.25) is 0 Å². The summed E-state index contributed by atoms with van der Waals surface area (Å²) in [6.45, 7) is 6.84. The zero-order valence-corrected chi connectivity index (χ0v) is 11.9. The van der Waals surface area contributed by atoms with Gasteiger partial charge >= 0.3 is 0 Å². The van der Waals surface area contributed by atoms with Crippen LogP contribution in [0.5, 0.6) is 5.75 Å². The van der Waals surface area contributed by atoms with Crippen molar-refractivity contribution in [2.45, 2.75) is 27.3 Å². The summed E-state index contributed by atoms with van der Waals surface area (Å²) in [7, 11) is 1.70. The molecule has 0 unspecified atom stereocenters. The van der Waals surface area contributed by atoms with Crippen LogP contribution in [0.4, 0.5) is 5.69 Å². The van der Waals surface area contributed by atoms with E-state index in [9.17, 15) is 0 Å². The second-order valence-electron chi connectivity index (χ2n) is 4.77. The van der Waals surface area contributed by atoms with E-state index in [1.54, 1.807) is 7.11 Å². The van der Waals surface area contributed by atoms with Gasteiger partial charge < -0.3 is 10.1 Å². The Bertz CT molecular complexity index is 562. The highest BCUT2D eigenvalue weighted by molar-refractivity contribution is 5.46. The van der Waals surface area contributed by atoms with Crippen LogP contribution >= 0.6 is 0 Å². The fraction of sp³-hybridized carbons (Fsp3) is 0.312. The Labute approximate surface area is 114 Å². The van der Waals surface area contributed by atoms with Gasteiger partial charge in [-0.1, -0.05) is 17.7 Å². The van der Waals surface area contributed by atoms with E-state index in [0.29, 0.717) is 6.54 Å². The zero-order valence-electron chi connectivity index (χ0n) is 11.9. The van der Waals surface area contributed by atoms with E-state index in [-0.39, 0.29) is 0 Å². The minimum atomic E-state index is 0.700. The van der Waals surface area contributed by atoms with Crippen LogP contribution < -0.4 is 10.1 Å². The number of nitrogens with zero attached hydrogens (tertiary/aromatic N) is 1. The Balaban J connectivity index is 2.13. The third-order valence-corrected chi connectivity index (χ3v) is 3.26. The number of hydrogen-bond acceptors (Lipinski definition) is 3. The first-order chi connectivity index (χ1) is 9.11. The van der Waals surface area contributed by atoms with Crippen LogP contribution in [0.25, 0.3) is 0 Å². The Morgan fingerprint density at radius 2 is 1.79 bits per heavy atom. The number of ether oxygens (including phenoxy) is 1. The topological polar surface area (TPSA) is 34.1 Å². The monoisotopic (exact) mass is 256 g/mol. The van der Waals surface area contributed by atoms with Gasteiger partial charge in [-0.15, -0.1) is 0 Å². The quantitative estimate of drug-likeness (QED) is 0.907. The van der Waals surface area contributed by atoms with E-state index >= 15 is 0 Å². The number of methoxy groups -OCH3 is 1. The molecule has 1 aromatic carbocycles. The van der Waals surface area contributed by atoms with Crippen LogP contribution in [0, 0.1) is 20.8 Å². The van der Waals surface area contributed by atoms with Gasteiger partial charge in [-0.2, -0.15) is 0 Å². The molecular weight excluding hydrogens is 236 g/mol. The molecule has 0 spiro atoms. The molecule has 0 atom stereocenters. The lowest BCUT2D eigenvalue weighted by Crippen LogP contribution is -2.06. The number of hydrogen-bond donors (Lipinski definition) is 1. The van der Waals surface area contributed by atoms with Gasteiger partial charge in [0.15, 0.2) is 0 Å². The van der Waals surface area contributed by atoms with E-state index in [0.717, 1.165) is 28.3 Å². The van der Waals surface area contributed by atoms with Crippen LogP contribution in [-0.2, 0) is 6.54 Å². The SMILES string of the molecule is COc1c(C)cnc(CNc2ccc(C)cc2)c1C. The summed E-state index contributed by atoms with van der Waals surface area (Å²) in [5, 5.41) is 3.38. The van der Waals surface area contributed by atoms with Crippen LogP contribution in [-0.4, -0.2) is 12.1 Å². The fourth-order valence-corrected chi connectivity index (χ4v) is 2.11. The first kappa shape index (κ1) is 13.4. The Kier molecular flexibility index (Phi) is 4.05. The molecule has 0 fully saturated rings. The summed E-state index contributed by atoms with van der Waals surface area (Å²) >= 11 is 0. The van der Waals surface area contributed by atoms with Gasteiger partial charge in [0.1, 0.15) is 5.75 Å². The average molecular weight is 256 g/mol. The van der Waals surface area contributed by atoms with E-state index in [1.165, 1.54) is 5.56 Å². The molecule has 2 aromatic rings. The lowest BCUT2D eigenvalue weighted by atomic mass is 10.1. The molecule has 0 radical (unpaired) electrons. The standard InChI is InChI=1S/C16H20N2O/c1-11-5-7-14(8-6-11)17-10-15-13(3)16(19-4)12(2)9-18-15/h5-9,17H,10H2,1-4H3. The molecule has 19 heavy (non-hydrogen) atoms. The second-order valence-corrected chi connectivity index (χ2v) is 4.77. The molecule has 2 rings (SSSR count). The molecule has 0 saturated carbocycles. The van der Waals surface area contributed by atoms with Gasteiger partial charge in [0.2, 0.25) is 0 Å². The molecule has 1 heterocycles. The minimum absolute atomic E-state index is 0.700. The van der Waals surface area contributed by atoms with Crippen LogP contribution in [0.3, 0.4) is 0 Å². The van der Waals surface area contributed by atoms with Crippen molar-refractivity contribution in [3.63, 3.8) is 0 Å². The van der Waals surface area contributed by atoms with Gasteiger partial charge in [-0.05, 0) is 32.9 Å². The summed E-state index contributed by atoms with van der Waals surface area (Å²) < 4.78 is 5.42. The molecule has 0 aliphatic rings. The summed E-state index contributed by atoms with van der Waals surface area (Å²) in [5.41, 5.74) is 5.55. The zero-order chi connectivity index (χ0) is 13.8. The Morgan fingerprint density at radius 1 is 1.11 bits per heavy atom. The number of anilines is 1. The maximum absolute atomic E-state index is 5.42. The predicted octanol–water partition coefficient (Wildman–Crippen LogP) is 3.63. The molecule has 1 N–H and O–H groups in total. The third kappa shape index (κ3) is 3.05. The van der Waals surface area contributed by atoms with Crippen molar-refractivity contribution in [1.29, 1.82) is 0 Å². The van der Waals surface area contributed by atoms with Crippen molar-refractivity contribution in [2.75, 3.05) is 12.4 Å². The summed E-state index contributed by atoms with van der Waals surface area (Å²) in [4.78, 5) is 4.48. The van der Waals surface area contributed by atoms with Crippen LogP contribution in [0.15, 0.2) is 30.5 Å². The smallest absolute Gasteiger partial charge is 0.128 e. The Hall–Kier alpha value is -2.03. The number of aryl methyl sites for hydroxylation is 2. The summed E-state index contributed by atoms with van der Waals surface area (Å²) in [6.07, 6.45) is 1.86. The van der Waals surface area contributed by atoms with Crippen molar-refractivity contribution in [3.8, 4) is 5.75 Å². The molecular formula is C16H20N2O. The maximum Gasteiger partial charge on any atom is 0.128 e. The first-order valence-electron chi connectivity index (χ1n) is 6.41. The van der Waals surface area contributed by atoms with E-state index in [2.05, 4.69) is 41.5 Å². The fourth-order valence-electron chi connectivity index (χ4n) is 2.11. The average Bonchev–Trinajstić information content (AvgIpc) is 2.40. The molecule has 0 aliphatic heterocycles. The molecule has 3 heteroatoms.